The summed E-state index contributed by atoms with van der Waals surface area (Å²) in [6.07, 6.45) is 12.9. The van der Waals surface area contributed by atoms with Crippen LogP contribution in [-0.2, 0) is 4.74 Å². The van der Waals surface area contributed by atoms with E-state index >= 15 is 0 Å². The summed E-state index contributed by atoms with van der Waals surface area (Å²) < 4.78 is 5.07. The van der Waals surface area contributed by atoms with Gasteiger partial charge < -0.3 is 4.74 Å². The number of rotatable bonds is 0. The maximum absolute atomic E-state index is 5.07. The molecule has 0 unspecified atom stereocenters. The summed E-state index contributed by atoms with van der Waals surface area (Å²) in [6, 6.07) is 0. The van der Waals surface area contributed by atoms with Gasteiger partial charge in [-0.15, -0.1) is 0 Å². The van der Waals surface area contributed by atoms with Crippen molar-refractivity contribution in [2.75, 3.05) is 13.2 Å². The molecule has 0 spiro atoms. The monoisotopic (exact) mass is 230 g/mol. The highest BCUT2D eigenvalue weighted by Crippen LogP contribution is 2.15. The molecule has 2 rings (SSSR count). The van der Waals surface area contributed by atoms with E-state index < -0.39 is 0 Å². The van der Waals surface area contributed by atoms with E-state index in [1.165, 1.54) is 57.8 Å². The molecule has 1 nitrogen and oxygen atoms in total. The molecular formula is C15H34O. The van der Waals surface area contributed by atoms with Crippen LogP contribution < -0.4 is 0 Å². The molecule has 1 saturated heterocycles. The lowest BCUT2D eigenvalue weighted by Crippen LogP contribution is -2.03. The fourth-order valence-corrected chi connectivity index (χ4v) is 1.75. The zero-order valence-electron chi connectivity index (χ0n) is 12.2. The molecule has 0 amide bonds. The van der Waals surface area contributed by atoms with E-state index in [4.69, 9.17) is 4.74 Å². The summed E-state index contributed by atoms with van der Waals surface area (Å²) in [6.45, 7) is 10.0. The predicted molar refractivity (Wildman–Crippen MR) is 75.1 cm³/mol. The second-order valence-corrected chi connectivity index (χ2v) is 3.79. The highest BCUT2D eigenvalue weighted by Gasteiger charge is 1.95. The minimum absolute atomic E-state index is 1.00. The lowest BCUT2D eigenvalue weighted by molar-refractivity contribution is 0.0968. The smallest absolute Gasteiger partial charge is 0.0466 e. The van der Waals surface area contributed by atoms with Gasteiger partial charge in [-0.3, -0.25) is 0 Å². The SMILES string of the molecule is C1CCCCC1.C1CCOCC1.CC.CC. The average Bonchev–Trinajstić information content (AvgIpc) is 2.48. The molecule has 1 heterocycles. The first-order valence-electron chi connectivity index (χ1n) is 7.58. The zero-order chi connectivity index (χ0) is 12.5. The molecule has 0 aromatic heterocycles. The van der Waals surface area contributed by atoms with Gasteiger partial charge >= 0.3 is 0 Å². The highest BCUT2D eigenvalue weighted by atomic mass is 16.5. The highest BCUT2D eigenvalue weighted by molar-refractivity contribution is 4.51. The minimum atomic E-state index is 1.00. The summed E-state index contributed by atoms with van der Waals surface area (Å²) in [4.78, 5) is 0. The Bertz CT molecular complexity index is 48.4. The molecule has 0 radical (unpaired) electrons. The van der Waals surface area contributed by atoms with E-state index in [0.29, 0.717) is 0 Å². The van der Waals surface area contributed by atoms with E-state index in [1.807, 2.05) is 27.7 Å². The summed E-state index contributed by atoms with van der Waals surface area (Å²) in [5, 5.41) is 0. The molecule has 1 aliphatic heterocycles. The van der Waals surface area contributed by atoms with Crippen molar-refractivity contribution >= 4 is 0 Å². The molecular weight excluding hydrogens is 196 g/mol. The van der Waals surface area contributed by atoms with Gasteiger partial charge in [-0.25, -0.2) is 0 Å². The van der Waals surface area contributed by atoms with Crippen LogP contribution in [0, 0.1) is 0 Å². The molecule has 1 aliphatic carbocycles. The fraction of sp³-hybridized carbons (Fsp3) is 1.00. The minimum Gasteiger partial charge on any atom is -0.381 e. The average molecular weight is 230 g/mol. The van der Waals surface area contributed by atoms with Crippen molar-refractivity contribution in [1.82, 2.24) is 0 Å². The largest absolute Gasteiger partial charge is 0.381 e. The van der Waals surface area contributed by atoms with Gasteiger partial charge in [0.25, 0.3) is 0 Å². The summed E-state index contributed by atoms with van der Waals surface area (Å²) in [7, 11) is 0. The molecule has 2 fully saturated rings. The van der Waals surface area contributed by atoms with Crippen LogP contribution in [0.25, 0.3) is 0 Å². The first-order chi connectivity index (χ1) is 8.00. The third-order valence-corrected chi connectivity index (χ3v) is 2.58. The number of hydrogen-bond donors (Lipinski definition) is 0. The van der Waals surface area contributed by atoms with Crippen molar-refractivity contribution in [3.63, 3.8) is 0 Å². The summed E-state index contributed by atoms with van der Waals surface area (Å²) in [5.41, 5.74) is 0. The Balaban J connectivity index is 0. The molecule has 16 heavy (non-hydrogen) atoms. The lowest BCUT2D eigenvalue weighted by Gasteiger charge is -2.08. The van der Waals surface area contributed by atoms with E-state index in [1.54, 1.807) is 0 Å². The topological polar surface area (TPSA) is 9.23 Å². The van der Waals surface area contributed by atoms with Crippen LogP contribution in [0.1, 0.15) is 85.5 Å². The standard InChI is InChI=1S/C6H12.C5H10O.2C2H6/c2*1-2-4-6-5-3-1;2*1-2/h1-6H2;1-5H2;2*1-2H3. The van der Waals surface area contributed by atoms with Crippen LogP contribution in [0.15, 0.2) is 0 Å². The van der Waals surface area contributed by atoms with Gasteiger partial charge in [0, 0.05) is 13.2 Å². The van der Waals surface area contributed by atoms with Gasteiger partial charge in [0.2, 0.25) is 0 Å². The van der Waals surface area contributed by atoms with Gasteiger partial charge in [-0.2, -0.15) is 0 Å². The molecule has 0 aromatic rings. The Labute approximate surface area is 104 Å². The first-order valence-corrected chi connectivity index (χ1v) is 7.58. The molecule has 1 saturated carbocycles. The second-order valence-electron chi connectivity index (χ2n) is 3.79. The normalized spacial score (nSPS) is 18.8. The van der Waals surface area contributed by atoms with Crippen LogP contribution in [-0.4, -0.2) is 13.2 Å². The van der Waals surface area contributed by atoms with Gasteiger partial charge in [-0.05, 0) is 19.3 Å². The predicted octanol–water partition coefficient (Wildman–Crippen LogP) is 5.58. The van der Waals surface area contributed by atoms with Gasteiger partial charge in [0.15, 0.2) is 0 Å². The van der Waals surface area contributed by atoms with Gasteiger partial charge in [-0.1, -0.05) is 66.2 Å². The quantitative estimate of drug-likeness (QED) is 0.528. The molecule has 0 bridgehead atoms. The molecule has 2 aliphatic rings. The lowest BCUT2D eigenvalue weighted by atomic mass is 10.0. The Morgan fingerprint density at radius 2 is 0.688 bits per heavy atom. The van der Waals surface area contributed by atoms with Crippen LogP contribution in [0.4, 0.5) is 0 Å². The van der Waals surface area contributed by atoms with E-state index in [9.17, 15) is 0 Å². The Hall–Kier alpha value is -0.0400. The first kappa shape index (κ1) is 18.3. The summed E-state index contributed by atoms with van der Waals surface area (Å²) in [5.74, 6) is 0. The van der Waals surface area contributed by atoms with Crippen LogP contribution in [0.3, 0.4) is 0 Å². The molecule has 0 aromatic carbocycles. The van der Waals surface area contributed by atoms with Crippen molar-refractivity contribution in [3.05, 3.63) is 0 Å². The van der Waals surface area contributed by atoms with Gasteiger partial charge in [0.05, 0.1) is 0 Å². The van der Waals surface area contributed by atoms with Crippen molar-refractivity contribution in [2.24, 2.45) is 0 Å². The van der Waals surface area contributed by atoms with Gasteiger partial charge in [0.1, 0.15) is 0 Å². The molecule has 0 atom stereocenters. The van der Waals surface area contributed by atoms with E-state index in [2.05, 4.69) is 0 Å². The van der Waals surface area contributed by atoms with Crippen LogP contribution in [0.5, 0.6) is 0 Å². The Kier molecular flexibility index (Phi) is 23.3. The summed E-state index contributed by atoms with van der Waals surface area (Å²) >= 11 is 0. The number of hydrogen-bond acceptors (Lipinski definition) is 1. The van der Waals surface area contributed by atoms with Crippen molar-refractivity contribution in [1.29, 1.82) is 0 Å². The van der Waals surface area contributed by atoms with E-state index in [-0.39, 0.29) is 0 Å². The number of ether oxygens (including phenoxy) is 1. The Morgan fingerprint density at radius 3 is 0.812 bits per heavy atom. The second kappa shape index (κ2) is 20.4. The zero-order valence-corrected chi connectivity index (χ0v) is 12.2. The molecule has 0 N–H and O–H groups in total. The Morgan fingerprint density at radius 1 is 0.438 bits per heavy atom. The van der Waals surface area contributed by atoms with Crippen molar-refractivity contribution in [2.45, 2.75) is 85.5 Å². The van der Waals surface area contributed by atoms with Crippen molar-refractivity contribution < 1.29 is 4.74 Å². The maximum Gasteiger partial charge on any atom is 0.0466 e. The van der Waals surface area contributed by atoms with Crippen LogP contribution in [0.2, 0.25) is 0 Å². The third-order valence-electron chi connectivity index (χ3n) is 2.58. The third kappa shape index (κ3) is 16.4. The van der Waals surface area contributed by atoms with Crippen molar-refractivity contribution in [3.8, 4) is 0 Å². The molecule has 1 heteroatoms. The fourth-order valence-electron chi connectivity index (χ4n) is 1.75. The van der Waals surface area contributed by atoms with Crippen LogP contribution >= 0.6 is 0 Å². The van der Waals surface area contributed by atoms with E-state index in [0.717, 1.165) is 13.2 Å². The molecule has 100 valence electrons. The maximum atomic E-state index is 5.07.